The fourth-order valence-corrected chi connectivity index (χ4v) is 1.31. The standard InChI is InChI=1S/C11H19N3O3/c1-16-6-3-5-13-11(15)17-7-2-4-10-8-12-9-14-10/h8-9H,2-7H2,1H3,(H,12,14)(H,13,15). The number of carbonyl (C=O) groups is 1. The minimum absolute atomic E-state index is 0.370. The molecule has 0 saturated heterocycles. The van der Waals surface area contributed by atoms with Crippen molar-refractivity contribution in [2.45, 2.75) is 19.3 Å². The van der Waals surface area contributed by atoms with Gasteiger partial charge in [0, 0.05) is 32.2 Å². The molecular weight excluding hydrogens is 222 g/mol. The molecular formula is C11H19N3O3. The molecule has 0 atom stereocenters. The zero-order valence-corrected chi connectivity index (χ0v) is 10.1. The highest BCUT2D eigenvalue weighted by molar-refractivity contribution is 5.66. The summed E-state index contributed by atoms with van der Waals surface area (Å²) < 4.78 is 9.86. The summed E-state index contributed by atoms with van der Waals surface area (Å²) in [6.45, 7) is 1.63. The number of imidazole rings is 1. The van der Waals surface area contributed by atoms with E-state index < -0.39 is 0 Å². The lowest BCUT2D eigenvalue weighted by atomic mass is 10.3. The molecule has 0 radical (unpaired) electrons. The van der Waals surface area contributed by atoms with E-state index in [-0.39, 0.29) is 6.09 Å². The van der Waals surface area contributed by atoms with Gasteiger partial charge in [-0.3, -0.25) is 0 Å². The van der Waals surface area contributed by atoms with E-state index in [1.165, 1.54) is 0 Å². The first kappa shape index (κ1) is 13.5. The maximum absolute atomic E-state index is 11.2. The summed E-state index contributed by atoms with van der Waals surface area (Å²) >= 11 is 0. The van der Waals surface area contributed by atoms with Gasteiger partial charge in [0.1, 0.15) is 0 Å². The van der Waals surface area contributed by atoms with Gasteiger partial charge in [0.05, 0.1) is 12.9 Å². The molecule has 0 fully saturated rings. The number of rotatable bonds is 8. The van der Waals surface area contributed by atoms with Crippen molar-refractivity contribution in [3.63, 3.8) is 0 Å². The first-order valence-electron chi connectivity index (χ1n) is 5.69. The van der Waals surface area contributed by atoms with Crippen LogP contribution in [-0.4, -0.2) is 42.9 Å². The predicted octanol–water partition coefficient (Wildman–Crippen LogP) is 1.10. The predicted molar refractivity (Wildman–Crippen MR) is 62.8 cm³/mol. The number of alkyl carbamates (subject to hydrolysis) is 1. The van der Waals surface area contributed by atoms with Crippen LogP contribution >= 0.6 is 0 Å². The number of carbonyl (C=O) groups excluding carboxylic acids is 1. The zero-order valence-electron chi connectivity index (χ0n) is 10.1. The fraction of sp³-hybridized carbons (Fsp3) is 0.636. The fourth-order valence-electron chi connectivity index (χ4n) is 1.31. The molecule has 0 spiro atoms. The summed E-state index contributed by atoms with van der Waals surface area (Å²) in [4.78, 5) is 18.1. The van der Waals surface area contributed by atoms with Gasteiger partial charge in [0.25, 0.3) is 0 Å². The third kappa shape index (κ3) is 6.57. The average molecular weight is 241 g/mol. The van der Waals surface area contributed by atoms with Gasteiger partial charge in [-0.05, 0) is 19.3 Å². The smallest absolute Gasteiger partial charge is 0.407 e. The lowest BCUT2D eigenvalue weighted by Crippen LogP contribution is -2.26. The SMILES string of the molecule is COCCCNC(=O)OCCCc1cnc[nH]1. The molecule has 0 aliphatic rings. The minimum Gasteiger partial charge on any atom is -0.450 e. The van der Waals surface area contributed by atoms with Crippen molar-refractivity contribution in [1.29, 1.82) is 0 Å². The van der Waals surface area contributed by atoms with Crippen LogP contribution in [0.4, 0.5) is 4.79 Å². The van der Waals surface area contributed by atoms with Crippen LogP contribution in [0.3, 0.4) is 0 Å². The average Bonchev–Trinajstić information content (AvgIpc) is 2.83. The molecule has 1 aromatic heterocycles. The number of H-pyrrole nitrogens is 1. The van der Waals surface area contributed by atoms with Crippen LogP contribution in [0.15, 0.2) is 12.5 Å². The highest BCUT2D eigenvalue weighted by Gasteiger charge is 2.01. The number of ether oxygens (including phenoxy) is 2. The van der Waals surface area contributed by atoms with Gasteiger partial charge >= 0.3 is 6.09 Å². The Hall–Kier alpha value is -1.56. The molecule has 0 aromatic carbocycles. The van der Waals surface area contributed by atoms with Crippen molar-refractivity contribution < 1.29 is 14.3 Å². The molecule has 96 valence electrons. The summed E-state index contributed by atoms with van der Waals surface area (Å²) in [5.74, 6) is 0. The number of hydrogen-bond acceptors (Lipinski definition) is 4. The summed E-state index contributed by atoms with van der Waals surface area (Å²) in [5, 5.41) is 2.65. The van der Waals surface area contributed by atoms with Crippen LogP contribution in [0.25, 0.3) is 0 Å². The van der Waals surface area contributed by atoms with Gasteiger partial charge in [-0.25, -0.2) is 9.78 Å². The molecule has 0 unspecified atom stereocenters. The molecule has 17 heavy (non-hydrogen) atoms. The van der Waals surface area contributed by atoms with Gasteiger partial charge in [-0.2, -0.15) is 0 Å². The second-order valence-corrected chi connectivity index (χ2v) is 3.59. The molecule has 6 nitrogen and oxygen atoms in total. The highest BCUT2D eigenvalue weighted by Crippen LogP contribution is 1.97. The number of amides is 1. The van der Waals surface area contributed by atoms with Crippen LogP contribution in [0.1, 0.15) is 18.5 Å². The third-order valence-electron chi connectivity index (χ3n) is 2.17. The van der Waals surface area contributed by atoms with Gasteiger partial charge in [0.2, 0.25) is 0 Å². The van der Waals surface area contributed by atoms with Gasteiger partial charge in [0.15, 0.2) is 0 Å². The number of aryl methyl sites for hydroxylation is 1. The first-order valence-corrected chi connectivity index (χ1v) is 5.69. The highest BCUT2D eigenvalue weighted by atomic mass is 16.5. The molecule has 6 heteroatoms. The number of methoxy groups -OCH3 is 1. The van der Waals surface area contributed by atoms with E-state index in [1.54, 1.807) is 19.6 Å². The van der Waals surface area contributed by atoms with Gasteiger partial charge < -0.3 is 19.8 Å². The molecule has 1 amide bonds. The Morgan fingerprint density at radius 3 is 3.06 bits per heavy atom. The topological polar surface area (TPSA) is 76.2 Å². The van der Waals surface area contributed by atoms with Crippen LogP contribution in [0.5, 0.6) is 0 Å². The number of aromatic nitrogens is 2. The zero-order chi connectivity index (χ0) is 12.3. The van der Waals surface area contributed by atoms with E-state index in [1.807, 2.05) is 0 Å². The van der Waals surface area contributed by atoms with Crippen molar-refractivity contribution >= 4 is 6.09 Å². The number of hydrogen-bond donors (Lipinski definition) is 2. The Morgan fingerprint density at radius 1 is 1.47 bits per heavy atom. The molecule has 1 heterocycles. The lowest BCUT2D eigenvalue weighted by Gasteiger charge is -2.06. The van der Waals surface area contributed by atoms with E-state index in [4.69, 9.17) is 9.47 Å². The molecule has 2 N–H and O–H groups in total. The second kappa shape index (κ2) is 8.58. The Morgan fingerprint density at radius 2 is 2.35 bits per heavy atom. The number of aromatic amines is 1. The Labute approximate surface area is 101 Å². The van der Waals surface area contributed by atoms with E-state index in [9.17, 15) is 4.79 Å². The van der Waals surface area contributed by atoms with Crippen molar-refractivity contribution in [1.82, 2.24) is 15.3 Å². The summed E-state index contributed by atoms with van der Waals surface area (Å²) in [6.07, 6.45) is 5.44. The lowest BCUT2D eigenvalue weighted by molar-refractivity contribution is 0.142. The van der Waals surface area contributed by atoms with Crippen LogP contribution in [0.2, 0.25) is 0 Å². The molecule has 0 saturated carbocycles. The number of nitrogens with one attached hydrogen (secondary N) is 2. The van der Waals surface area contributed by atoms with E-state index in [2.05, 4.69) is 15.3 Å². The largest absolute Gasteiger partial charge is 0.450 e. The van der Waals surface area contributed by atoms with E-state index >= 15 is 0 Å². The first-order chi connectivity index (χ1) is 8.33. The van der Waals surface area contributed by atoms with Gasteiger partial charge in [-0.15, -0.1) is 0 Å². The quantitative estimate of drug-likeness (QED) is 0.668. The van der Waals surface area contributed by atoms with Crippen LogP contribution < -0.4 is 5.32 Å². The Bertz CT molecular complexity index is 301. The Kier molecular flexibility index (Phi) is 6.81. The second-order valence-electron chi connectivity index (χ2n) is 3.59. The van der Waals surface area contributed by atoms with E-state index in [0.29, 0.717) is 19.8 Å². The molecule has 0 aliphatic carbocycles. The normalized spacial score (nSPS) is 10.2. The van der Waals surface area contributed by atoms with Gasteiger partial charge in [-0.1, -0.05) is 0 Å². The van der Waals surface area contributed by atoms with Crippen molar-refractivity contribution in [3.05, 3.63) is 18.2 Å². The maximum Gasteiger partial charge on any atom is 0.407 e. The Balaban J connectivity index is 1.93. The van der Waals surface area contributed by atoms with E-state index in [0.717, 1.165) is 25.0 Å². The minimum atomic E-state index is -0.370. The van der Waals surface area contributed by atoms with Crippen LogP contribution in [0, 0.1) is 0 Å². The third-order valence-corrected chi connectivity index (χ3v) is 2.17. The molecule has 0 bridgehead atoms. The van der Waals surface area contributed by atoms with Crippen molar-refractivity contribution in [2.75, 3.05) is 26.9 Å². The molecule has 1 aromatic rings. The molecule has 1 rings (SSSR count). The maximum atomic E-state index is 11.2. The summed E-state index contributed by atoms with van der Waals surface area (Å²) in [7, 11) is 1.63. The summed E-state index contributed by atoms with van der Waals surface area (Å²) in [6, 6.07) is 0. The van der Waals surface area contributed by atoms with Crippen LogP contribution in [-0.2, 0) is 15.9 Å². The molecule has 0 aliphatic heterocycles. The van der Waals surface area contributed by atoms with Crippen molar-refractivity contribution in [2.24, 2.45) is 0 Å². The summed E-state index contributed by atoms with van der Waals surface area (Å²) in [5.41, 5.74) is 1.05. The monoisotopic (exact) mass is 241 g/mol. The van der Waals surface area contributed by atoms with Crippen molar-refractivity contribution in [3.8, 4) is 0 Å². The number of nitrogens with zero attached hydrogens (tertiary/aromatic N) is 1.